The number of carbonyl (C=O) groups is 2. The first-order valence-electron chi connectivity index (χ1n) is 5.08. The van der Waals surface area contributed by atoms with Crippen molar-refractivity contribution < 1.29 is 19.1 Å². The predicted octanol–water partition coefficient (Wildman–Crippen LogP) is 1.58. The summed E-state index contributed by atoms with van der Waals surface area (Å²) >= 11 is 0. The Labute approximate surface area is 93.2 Å². The summed E-state index contributed by atoms with van der Waals surface area (Å²) in [7, 11) is 1.57. The number of ether oxygens (including phenoxy) is 2. The molecule has 1 aromatic carbocycles. The van der Waals surface area contributed by atoms with Crippen LogP contribution >= 0.6 is 0 Å². The summed E-state index contributed by atoms with van der Waals surface area (Å²) in [6.45, 7) is 0. The summed E-state index contributed by atoms with van der Waals surface area (Å²) in [5, 5.41) is 0. The van der Waals surface area contributed by atoms with Crippen LogP contribution in [0.3, 0.4) is 0 Å². The number of methoxy groups -OCH3 is 1. The summed E-state index contributed by atoms with van der Waals surface area (Å²) in [6.07, 6.45) is 0.192. The van der Waals surface area contributed by atoms with Crippen LogP contribution in [0.5, 0.6) is 5.75 Å². The van der Waals surface area contributed by atoms with Gasteiger partial charge in [-0.2, -0.15) is 0 Å². The zero-order chi connectivity index (χ0) is 11.5. The van der Waals surface area contributed by atoms with Gasteiger partial charge in [0, 0.05) is 18.4 Å². The quantitative estimate of drug-likeness (QED) is 0.573. The Hall–Kier alpha value is -1.84. The Morgan fingerprint density at radius 3 is 2.56 bits per heavy atom. The zero-order valence-electron chi connectivity index (χ0n) is 8.93. The van der Waals surface area contributed by atoms with Crippen LogP contribution in [0.1, 0.15) is 23.2 Å². The van der Waals surface area contributed by atoms with E-state index in [2.05, 4.69) is 0 Å². The van der Waals surface area contributed by atoms with Gasteiger partial charge in [-0.25, -0.2) is 0 Å². The normalized spacial score (nSPS) is 19.3. The van der Waals surface area contributed by atoms with E-state index in [1.807, 2.05) is 0 Å². The first-order valence-corrected chi connectivity index (χ1v) is 5.08. The van der Waals surface area contributed by atoms with E-state index in [0.29, 0.717) is 24.2 Å². The second kappa shape index (κ2) is 4.35. The zero-order valence-corrected chi connectivity index (χ0v) is 8.93. The van der Waals surface area contributed by atoms with Gasteiger partial charge >= 0.3 is 5.97 Å². The van der Waals surface area contributed by atoms with Gasteiger partial charge in [0.1, 0.15) is 5.75 Å². The second-order valence-electron chi connectivity index (χ2n) is 3.61. The van der Waals surface area contributed by atoms with Crippen molar-refractivity contribution in [3.63, 3.8) is 0 Å². The number of benzene rings is 1. The molecule has 1 fully saturated rings. The number of Topliss-reactive ketones (excluding diaryl/α,β-unsaturated/α-hetero) is 1. The average Bonchev–Trinajstić information content (AvgIpc) is 2.75. The molecule has 2 rings (SSSR count). The van der Waals surface area contributed by atoms with Crippen molar-refractivity contribution in [2.45, 2.75) is 18.9 Å². The van der Waals surface area contributed by atoms with Crippen molar-refractivity contribution in [2.24, 2.45) is 0 Å². The van der Waals surface area contributed by atoms with Gasteiger partial charge < -0.3 is 9.47 Å². The minimum atomic E-state index is -0.610. The first-order chi connectivity index (χ1) is 7.70. The number of cyclic esters (lactones) is 1. The van der Waals surface area contributed by atoms with E-state index < -0.39 is 6.10 Å². The summed E-state index contributed by atoms with van der Waals surface area (Å²) in [6, 6.07) is 6.77. The average molecular weight is 220 g/mol. The lowest BCUT2D eigenvalue weighted by Gasteiger charge is -2.08. The number of esters is 1. The van der Waals surface area contributed by atoms with Gasteiger partial charge in [0.2, 0.25) is 5.78 Å². The van der Waals surface area contributed by atoms with Crippen LogP contribution in [-0.2, 0) is 9.53 Å². The number of hydrogen-bond acceptors (Lipinski definition) is 4. The minimum Gasteiger partial charge on any atom is -0.497 e. The lowest BCUT2D eigenvalue weighted by atomic mass is 10.0. The van der Waals surface area contributed by atoms with Crippen molar-refractivity contribution in [2.75, 3.05) is 7.11 Å². The van der Waals surface area contributed by atoms with Gasteiger partial charge in [-0.3, -0.25) is 9.59 Å². The SMILES string of the molecule is COc1ccc(C(=O)[C@@H]2CCC(=O)O2)cc1. The molecule has 4 nitrogen and oxygen atoms in total. The maximum Gasteiger partial charge on any atom is 0.306 e. The maximum absolute atomic E-state index is 11.9. The highest BCUT2D eigenvalue weighted by molar-refractivity contribution is 6.01. The fourth-order valence-corrected chi connectivity index (χ4v) is 1.65. The molecule has 16 heavy (non-hydrogen) atoms. The van der Waals surface area contributed by atoms with Crippen LogP contribution in [-0.4, -0.2) is 25.0 Å². The second-order valence-corrected chi connectivity index (χ2v) is 3.61. The van der Waals surface area contributed by atoms with Crippen molar-refractivity contribution >= 4 is 11.8 Å². The Morgan fingerprint density at radius 2 is 2.06 bits per heavy atom. The van der Waals surface area contributed by atoms with Crippen LogP contribution in [0, 0.1) is 0 Å². The van der Waals surface area contributed by atoms with Gasteiger partial charge in [0.25, 0.3) is 0 Å². The largest absolute Gasteiger partial charge is 0.497 e. The molecule has 0 bridgehead atoms. The smallest absolute Gasteiger partial charge is 0.306 e. The highest BCUT2D eigenvalue weighted by Crippen LogP contribution is 2.20. The van der Waals surface area contributed by atoms with Crippen LogP contribution in [0.2, 0.25) is 0 Å². The topological polar surface area (TPSA) is 52.6 Å². The highest BCUT2D eigenvalue weighted by Gasteiger charge is 2.30. The van der Waals surface area contributed by atoms with Crippen LogP contribution in [0.15, 0.2) is 24.3 Å². The van der Waals surface area contributed by atoms with Crippen molar-refractivity contribution in [1.82, 2.24) is 0 Å². The van der Waals surface area contributed by atoms with Gasteiger partial charge in [0.05, 0.1) is 7.11 Å². The van der Waals surface area contributed by atoms with Gasteiger partial charge in [-0.05, 0) is 24.3 Å². The van der Waals surface area contributed by atoms with E-state index in [9.17, 15) is 9.59 Å². The summed E-state index contributed by atoms with van der Waals surface area (Å²) in [4.78, 5) is 22.8. The molecule has 0 amide bonds. The molecule has 1 heterocycles. The fraction of sp³-hybridized carbons (Fsp3) is 0.333. The van der Waals surface area contributed by atoms with E-state index in [0.717, 1.165) is 0 Å². The molecular formula is C12H12O4. The molecule has 1 aromatic rings. The first kappa shape index (κ1) is 10.7. The Bertz CT molecular complexity index is 408. The maximum atomic E-state index is 11.9. The van der Waals surface area contributed by atoms with E-state index in [4.69, 9.17) is 9.47 Å². The predicted molar refractivity (Wildman–Crippen MR) is 56.4 cm³/mol. The van der Waals surface area contributed by atoms with Crippen molar-refractivity contribution in [1.29, 1.82) is 0 Å². The monoisotopic (exact) mass is 220 g/mol. The molecular weight excluding hydrogens is 208 g/mol. The minimum absolute atomic E-state index is 0.145. The fourth-order valence-electron chi connectivity index (χ4n) is 1.65. The van der Waals surface area contributed by atoms with Gasteiger partial charge in [0.15, 0.2) is 6.10 Å². The molecule has 4 heteroatoms. The molecule has 0 unspecified atom stereocenters. The molecule has 1 atom stereocenters. The van der Waals surface area contributed by atoms with Gasteiger partial charge in [-0.1, -0.05) is 0 Å². The lowest BCUT2D eigenvalue weighted by molar-refractivity contribution is -0.140. The third kappa shape index (κ3) is 2.05. The molecule has 0 radical (unpaired) electrons. The van der Waals surface area contributed by atoms with E-state index in [1.165, 1.54) is 0 Å². The lowest BCUT2D eigenvalue weighted by Crippen LogP contribution is -2.20. The Morgan fingerprint density at radius 1 is 1.38 bits per heavy atom. The third-order valence-electron chi connectivity index (χ3n) is 2.55. The summed E-state index contributed by atoms with van der Waals surface area (Å²) < 4.78 is 9.91. The molecule has 0 N–H and O–H groups in total. The van der Waals surface area contributed by atoms with E-state index in [-0.39, 0.29) is 11.8 Å². The van der Waals surface area contributed by atoms with Crippen LogP contribution in [0.25, 0.3) is 0 Å². The van der Waals surface area contributed by atoms with E-state index in [1.54, 1.807) is 31.4 Å². The molecule has 84 valence electrons. The third-order valence-corrected chi connectivity index (χ3v) is 2.55. The standard InChI is InChI=1S/C12H12O4/c1-15-9-4-2-8(3-5-9)12(14)10-6-7-11(13)16-10/h2-5,10H,6-7H2,1H3/t10-/m0/s1. The Balaban J connectivity index is 2.11. The highest BCUT2D eigenvalue weighted by atomic mass is 16.6. The molecule has 0 spiro atoms. The number of carbonyl (C=O) groups excluding carboxylic acids is 2. The molecule has 1 saturated heterocycles. The summed E-state index contributed by atoms with van der Waals surface area (Å²) in [5.74, 6) is 0.250. The van der Waals surface area contributed by atoms with Gasteiger partial charge in [-0.15, -0.1) is 0 Å². The number of rotatable bonds is 3. The molecule has 1 aliphatic rings. The molecule has 0 aliphatic carbocycles. The van der Waals surface area contributed by atoms with Crippen LogP contribution in [0.4, 0.5) is 0 Å². The molecule has 1 aliphatic heterocycles. The van der Waals surface area contributed by atoms with Crippen molar-refractivity contribution in [3.8, 4) is 5.75 Å². The number of ketones is 1. The number of hydrogen-bond donors (Lipinski definition) is 0. The summed E-state index contributed by atoms with van der Waals surface area (Å²) in [5.41, 5.74) is 0.542. The van der Waals surface area contributed by atoms with E-state index >= 15 is 0 Å². The molecule has 0 aromatic heterocycles. The molecule has 0 saturated carbocycles. The van der Waals surface area contributed by atoms with Crippen LogP contribution < -0.4 is 4.74 Å². The Kier molecular flexibility index (Phi) is 2.90. The van der Waals surface area contributed by atoms with Crippen molar-refractivity contribution in [3.05, 3.63) is 29.8 Å².